The highest BCUT2D eigenvalue weighted by atomic mass is 16.5. The van der Waals surface area contributed by atoms with Crippen molar-refractivity contribution < 1.29 is 9.30 Å². The summed E-state index contributed by atoms with van der Waals surface area (Å²) in [4.78, 5) is 5.16. The van der Waals surface area contributed by atoms with Gasteiger partial charge in [-0.05, 0) is 84.9 Å². The van der Waals surface area contributed by atoms with Gasteiger partial charge in [0.25, 0.3) is 6.33 Å². The van der Waals surface area contributed by atoms with Crippen LogP contribution in [0.15, 0.2) is 231 Å². The number of aromatic nitrogens is 6. The Morgan fingerprint density at radius 1 is 0.388 bits per heavy atom. The zero-order valence-corrected chi connectivity index (χ0v) is 36.0. The van der Waals surface area contributed by atoms with E-state index < -0.39 is 0 Å². The number of para-hydroxylation sites is 8. The number of nitrogens with zero attached hydrogens (tertiary/aromatic N) is 6. The molecule has 67 heavy (non-hydrogen) atoms. The van der Waals surface area contributed by atoms with Crippen molar-refractivity contribution in [3.05, 3.63) is 237 Å². The largest absolute Gasteiger partial charge is 0.458 e. The van der Waals surface area contributed by atoms with Crippen molar-refractivity contribution in [2.45, 2.75) is 0 Å². The highest BCUT2D eigenvalue weighted by molar-refractivity contribution is 6.16. The first-order valence-electron chi connectivity index (χ1n) is 22.6. The molecule has 0 fully saturated rings. The average Bonchev–Trinajstić information content (AvgIpc) is 4.14. The molecule has 9 aromatic carbocycles. The van der Waals surface area contributed by atoms with Crippen LogP contribution in [-0.2, 0) is 0 Å². The maximum atomic E-state index is 6.84. The average molecular weight is 859 g/mol. The third kappa shape index (κ3) is 5.65. The first kappa shape index (κ1) is 37.2. The zero-order chi connectivity index (χ0) is 44.0. The first-order chi connectivity index (χ1) is 33.3. The molecule has 0 saturated heterocycles. The highest BCUT2D eigenvalue weighted by Gasteiger charge is 2.22. The molecule has 5 heterocycles. The lowest BCUT2D eigenvalue weighted by molar-refractivity contribution is -0.571. The number of rotatable bonds is 7. The predicted molar refractivity (Wildman–Crippen MR) is 271 cm³/mol. The molecular weight excluding hydrogens is 821 g/mol. The maximum Gasteiger partial charge on any atom is 0.269 e. The topological polar surface area (TPSA) is 45.7 Å². The molecule has 0 spiro atoms. The van der Waals surface area contributed by atoms with E-state index in [1.54, 1.807) is 0 Å². The minimum atomic E-state index is 0.717. The van der Waals surface area contributed by atoms with E-state index in [-0.39, 0.29) is 0 Å². The molecule has 5 aromatic heterocycles. The summed E-state index contributed by atoms with van der Waals surface area (Å²) in [6, 6.07) is 78.9. The number of hydrogen-bond donors (Lipinski definition) is 0. The number of fused-ring (bicyclic) bond motifs is 10. The van der Waals surface area contributed by atoms with Crippen LogP contribution in [0.5, 0.6) is 11.5 Å². The fourth-order valence-corrected chi connectivity index (χ4v) is 10.4. The molecule has 0 saturated carbocycles. The van der Waals surface area contributed by atoms with Gasteiger partial charge in [-0.2, -0.15) is 0 Å². The number of imidazole rings is 1. The lowest BCUT2D eigenvalue weighted by atomic mass is 10.1. The summed E-state index contributed by atoms with van der Waals surface area (Å²) in [5.41, 5.74) is 12.9. The van der Waals surface area contributed by atoms with Crippen LogP contribution >= 0.6 is 0 Å². The van der Waals surface area contributed by atoms with E-state index >= 15 is 0 Å². The Morgan fingerprint density at radius 3 is 1.73 bits per heavy atom. The summed E-state index contributed by atoms with van der Waals surface area (Å²) in [5.74, 6) is 2.32. The van der Waals surface area contributed by atoms with Crippen LogP contribution in [-0.4, -0.2) is 23.3 Å². The normalized spacial score (nSPS) is 11.9. The van der Waals surface area contributed by atoms with Gasteiger partial charge in [-0.1, -0.05) is 133 Å². The molecule has 0 unspecified atom stereocenters. The van der Waals surface area contributed by atoms with Crippen LogP contribution in [0, 0.1) is 6.33 Å². The second kappa shape index (κ2) is 14.7. The minimum Gasteiger partial charge on any atom is -0.458 e. The highest BCUT2D eigenvalue weighted by Crippen LogP contribution is 2.41. The molecule has 0 amide bonds. The van der Waals surface area contributed by atoms with Crippen LogP contribution < -0.4 is 9.30 Å². The molecular formula is C60H38N6O. The van der Waals surface area contributed by atoms with Crippen molar-refractivity contribution >= 4 is 76.5 Å². The third-order valence-corrected chi connectivity index (χ3v) is 13.2. The molecule has 0 radical (unpaired) electrons. The Bertz CT molecular complexity index is 4250. The summed E-state index contributed by atoms with van der Waals surface area (Å²) in [6.07, 6.45) is 5.71. The fourth-order valence-electron chi connectivity index (χ4n) is 10.4. The molecule has 0 atom stereocenters. The van der Waals surface area contributed by atoms with Gasteiger partial charge in [0.2, 0.25) is 0 Å². The predicted octanol–water partition coefficient (Wildman–Crippen LogP) is 14.2. The monoisotopic (exact) mass is 858 g/mol. The van der Waals surface area contributed by atoms with Gasteiger partial charge in [0.1, 0.15) is 17.3 Å². The number of ether oxygens (including phenoxy) is 1. The van der Waals surface area contributed by atoms with E-state index in [2.05, 4.69) is 241 Å². The van der Waals surface area contributed by atoms with Crippen molar-refractivity contribution in [2.24, 2.45) is 0 Å². The van der Waals surface area contributed by atoms with Crippen LogP contribution in [0.25, 0.3) is 105 Å². The summed E-state index contributed by atoms with van der Waals surface area (Å²) in [6.45, 7) is 0. The van der Waals surface area contributed by atoms with Crippen molar-refractivity contribution in [1.82, 2.24) is 23.3 Å². The Hall–Kier alpha value is -9.20. The lowest BCUT2D eigenvalue weighted by Gasteiger charge is -2.12. The van der Waals surface area contributed by atoms with Gasteiger partial charge < -0.3 is 13.9 Å². The van der Waals surface area contributed by atoms with E-state index in [1.165, 1.54) is 10.8 Å². The quantitative estimate of drug-likeness (QED) is 0.118. The van der Waals surface area contributed by atoms with Gasteiger partial charge in [0, 0.05) is 50.6 Å². The van der Waals surface area contributed by atoms with Crippen LogP contribution in [0.1, 0.15) is 0 Å². The van der Waals surface area contributed by atoms with Crippen LogP contribution in [0.3, 0.4) is 0 Å². The third-order valence-electron chi connectivity index (χ3n) is 13.2. The fraction of sp³-hybridized carbons (Fsp3) is 0. The van der Waals surface area contributed by atoms with E-state index in [4.69, 9.17) is 9.72 Å². The van der Waals surface area contributed by atoms with E-state index in [0.29, 0.717) is 0 Å². The Kier molecular flexibility index (Phi) is 8.15. The minimum absolute atomic E-state index is 0.717. The van der Waals surface area contributed by atoms with Gasteiger partial charge in [0.15, 0.2) is 0 Å². The van der Waals surface area contributed by atoms with Gasteiger partial charge >= 0.3 is 0 Å². The number of benzene rings is 9. The molecule has 0 aliphatic rings. The Labute approximate surface area is 384 Å². The molecule has 0 bridgehead atoms. The summed E-state index contributed by atoms with van der Waals surface area (Å²) < 4.78 is 18.2. The summed E-state index contributed by atoms with van der Waals surface area (Å²) in [7, 11) is 0. The molecule has 14 rings (SSSR count). The van der Waals surface area contributed by atoms with E-state index in [9.17, 15) is 0 Å². The molecule has 0 aliphatic heterocycles. The molecule has 14 aromatic rings. The SMILES string of the molecule is [c-]1n(-c2cccc(Oc3ccc4c5ccccc5n(-c5nccc6c5c5ccccc5n6-c5ccccc5)c4c3)c2)c2ccccc2[n+]1-c1cccc2c3ccccc3n(-c3ccccc3)c12. The number of pyridine rings is 1. The van der Waals surface area contributed by atoms with Crippen LogP contribution in [0.4, 0.5) is 0 Å². The molecule has 7 heteroatoms. The van der Waals surface area contributed by atoms with Crippen LogP contribution in [0.2, 0.25) is 0 Å². The van der Waals surface area contributed by atoms with E-state index in [0.717, 1.165) is 106 Å². The Balaban J connectivity index is 0.902. The van der Waals surface area contributed by atoms with Crippen molar-refractivity contribution in [3.8, 4) is 40.1 Å². The first-order valence-corrected chi connectivity index (χ1v) is 22.6. The van der Waals surface area contributed by atoms with Gasteiger partial charge in [-0.3, -0.25) is 13.7 Å². The smallest absolute Gasteiger partial charge is 0.269 e. The van der Waals surface area contributed by atoms with E-state index in [1.807, 2.05) is 18.3 Å². The van der Waals surface area contributed by atoms with Crippen molar-refractivity contribution in [2.75, 3.05) is 0 Å². The van der Waals surface area contributed by atoms with Crippen molar-refractivity contribution in [1.29, 1.82) is 0 Å². The second-order valence-electron chi connectivity index (χ2n) is 17.0. The number of hydrogen-bond acceptors (Lipinski definition) is 2. The van der Waals surface area contributed by atoms with Crippen molar-refractivity contribution in [3.63, 3.8) is 0 Å². The maximum absolute atomic E-state index is 6.84. The zero-order valence-electron chi connectivity index (χ0n) is 36.0. The van der Waals surface area contributed by atoms with Gasteiger partial charge in [-0.15, -0.1) is 0 Å². The molecule has 0 N–H and O–H groups in total. The lowest BCUT2D eigenvalue weighted by Crippen LogP contribution is -2.30. The molecule has 0 aliphatic carbocycles. The Morgan fingerprint density at radius 2 is 0.955 bits per heavy atom. The summed E-state index contributed by atoms with van der Waals surface area (Å²) >= 11 is 0. The molecule has 7 nitrogen and oxygen atoms in total. The molecule has 314 valence electrons. The second-order valence-corrected chi connectivity index (χ2v) is 17.0. The van der Waals surface area contributed by atoms with Gasteiger partial charge in [0.05, 0.1) is 60.9 Å². The van der Waals surface area contributed by atoms with Gasteiger partial charge in [-0.25, -0.2) is 4.98 Å². The summed E-state index contributed by atoms with van der Waals surface area (Å²) in [5, 5.41) is 6.91. The standard InChI is InChI=1S/C60H38N6O/c1-3-17-40(18-4-1)64-52-29-12-9-25-49(52)58-55(64)35-36-61-60(58)66-51-28-11-7-23-45(51)47-34-33-44(38-57(47)66)67-43-22-15-21-42(37-43)62-39-63(54-31-14-13-30-53(54)62)56-32-16-26-48-46-24-8-10-27-50(46)65(59(48)56)41-19-5-2-6-20-41/h1-38H.